The van der Waals surface area contributed by atoms with Gasteiger partial charge in [-0.15, -0.1) is 0 Å². The quantitative estimate of drug-likeness (QED) is 0.635. The molecule has 2 nitrogen and oxygen atoms in total. The summed E-state index contributed by atoms with van der Waals surface area (Å²) in [5, 5.41) is 0. The standard InChI is InChI=1S/C12H14O2/c1-14-12(13)11-8-4-6-9-5-2-3-7-10(9)11/h2-3,5,7,11H,4,6,8H2,1H3/t11-/m0/s1. The van der Waals surface area contributed by atoms with Gasteiger partial charge in [-0.25, -0.2) is 0 Å². The van der Waals surface area contributed by atoms with Crippen LogP contribution < -0.4 is 0 Å². The largest absolute Gasteiger partial charge is 0.469 e. The number of carbonyl (C=O) groups is 1. The van der Waals surface area contributed by atoms with Crippen LogP contribution in [0.15, 0.2) is 24.3 Å². The Morgan fingerprint density at radius 1 is 1.43 bits per heavy atom. The Hall–Kier alpha value is -1.31. The van der Waals surface area contributed by atoms with E-state index in [9.17, 15) is 4.79 Å². The third kappa shape index (κ3) is 1.52. The third-order valence-electron chi connectivity index (χ3n) is 2.86. The zero-order chi connectivity index (χ0) is 9.97. The zero-order valence-corrected chi connectivity index (χ0v) is 8.32. The molecule has 1 aromatic carbocycles. The molecule has 0 saturated carbocycles. The first-order chi connectivity index (χ1) is 6.83. The van der Waals surface area contributed by atoms with Gasteiger partial charge in [0.15, 0.2) is 0 Å². The third-order valence-corrected chi connectivity index (χ3v) is 2.86. The minimum atomic E-state index is -0.0999. The molecule has 2 rings (SSSR count). The average Bonchev–Trinajstić information content (AvgIpc) is 2.27. The lowest BCUT2D eigenvalue weighted by molar-refractivity contribution is -0.142. The van der Waals surface area contributed by atoms with Gasteiger partial charge in [-0.05, 0) is 30.4 Å². The summed E-state index contributed by atoms with van der Waals surface area (Å²) >= 11 is 0. The van der Waals surface area contributed by atoms with Crippen molar-refractivity contribution in [2.45, 2.75) is 25.2 Å². The van der Waals surface area contributed by atoms with Crippen molar-refractivity contribution in [2.75, 3.05) is 7.11 Å². The lowest BCUT2D eigenvalue weighted by Crippen LogP contribution is -2.19. The van der Waals surface area contributed by atoms with Crippen molar-refractivity contribution in [3.63, 3.8) is 0 Å². The second-order valence-electron chi connectivity index (χ2n) is 3.67. The van der Waals surface area contributed by atoms with Crippen LogP contribution in [-0.2, 0) is 16.0 Å². The molecule has 0 N–H and O–H groups in total. The average molecular weight is 190 g/mol. The van der Waals surface area contributed by atoms with Crippen molar-refractivity contribution in [2.24, 2.45) is 0 Å². The van der Waals surface area contributed by atoms with Crippen molar-refractivity contribution in [3.05, 3.63) is 35.4 Å². The molecule has 1 aliphatic carbocycles. The van der Waals surface area contributed by atoms with Gasteiger partial charge < -0.3 is 4.74 Å². The van der Waals surface area contributed by atoms with E-state index in [0.29, 0.717) is 0 Å². The van der Waals surface area contributed by atoms with Crippen LogP contribution in [0.25, 0.3) is 0 Å². The van der Waals surface area contributed by atoms with Crippen molar-refractivity contribution >= 4 is 5.97 Å². The predicted octanol–water partition coefficient (Wildman–Crippen LogP) is 2.28. The Morgan fingerprint density at radius 3 is 3.00 bits per heavy atom. The molecular formula is C12H14O2. The Bertz CT molecular complexity index is 344. The number of ether oxygens (including phenoxy) is 1. The molecule has 0 saturated heterocycles. The van der Waals surface area contributed by atoms with Gasteiger partial charge in [0.05, 0.1) is 13.0 Å². The normalized spacial score (nSPS) is 19.9. The van der Waals surface area contributed by atoms with E-state index in [1.807, 2.05) is 18.2 Å². The van der Waals surface area contributed by atoms with Gasteiger partial charge >= 0.3 is 5.97 Å². The molecule has 1 aromatic rings. The van der Waals surface area contributed by atoms with E-state index >= 15 is 0 Å². The minimum Gasteiger partial charge on any atom is -0.469 e. The highest BCUT2D eigenvalue weighted by atomic mass is 16.5. The van der Waals surface area contributed by atoms with Crippen molar-refractivity contribution < 1.29 is 9.53 Å². The fourth-order valence-electron chi connectivity index (χ4n) is 2.14. The molecule has 0 aliphatic heterocycles. The Kier molecular flexibility index (Phi) is 2.53. The van der Waals surface area contributed by atoms with E-state index < -0.39 is 0 Å². The smallest absolute Gasteiger partial charge is 0.313 e. The van der Waals surface area contributed by atoms with E-state index in [2.05, 4.69) is 6.07 Å². The zero-order valence-electron chi connectivity index (χ0n) is 8.32. The van der Waals surface area contributed by atoms with Gasteiger partial charge in [-0.2, -0.15) is 0 Å². The van der Waals surface area contributed by atoms with Crippen LogP contribution >= 0.6 is 0 Å². The molecule has 0 spiro atoms. The SMILES string of the molecule is COC(=O)[C@H]1CCCc2ccccc21. The van der Waals surface area contributed by atoms with Gasteiger partial charge in [0.2, 0.25) is 0 Å². The van der Waals surface area contributed by atoms with E-state index in [0.717, 1.165) is 24.8 Å². The second-order valence-corrected chi connectivity index (χ2v) is 3.67. The highest BCUT2D eigenvalue weighted by molar-refractivity contribution is 5.78. The number of aryl methyl sites for hydroxylation is 1. The first kappa shape index (κ1) is 9.25. The second kappa shape index (κ2) is 3.82. The van der Waals surface area contributed by atoms with E-state index in [1.54, 1.807) is 0 Å². The fourth-order valence-corrected chi connectivity index (χ4v) is 2.14. The van der Waals surface area contributed by atoms with Gasteiger partial charge in [0.1, 0.15) is 0 Å². The summed E-state index contributed by atoms with van der Waals surface area (Å²) in [6.07, 6.45) is 3.09. The summed E-state index contributed by atoms with van der Waals surface area (Å²) in [7, 11) is 1.46. The number of methoxy groups -OCH3 is 1. The minimum absolute atomic E-state index is 0.0371. The lowest BCUT2D eigenvalue weighted by Gasteiger charge is -2.23. The molecule has 0 fully saturated rings. The van der Waals surface area contributed by atoms with Crippen LogP contribution in [0.3, 0.4) is 0 Å². The number of benzene rings is 1. The summed E-state index contributed by atoms with van der Waals surface area (Å²) in [6, 6.07) is 8.15. The number of esters is 1. The number of carbonyl (C=O) groups excluding carboxylic acids is 1. The summed E-state index contributed by atoms with van der Waals surface area (Å²) in [5.41, 5.74) is 2.46. The molecule has 0 unspecified atom stereocenters. The summed E-state index contributed by atoms with van der Waals surface area (Å²) in [4.78, 5) is 11.5. The molecule has 74 valence electrons. The Balaban J connectivity index is 2.35. The molecule has 1 atom stereocenters. The Labute approximate surface area is 83.9 Å². The van der Waals surface area contributed by atoms with Gasteiger partial charge in [0.25, 0.3) is 0 Å². The van der Waals surface area contributed by atoms with E-state index in [4.69, 9.17) is 4.74 Å². The molecule has 0 bridgehead atoms. The predicted molar refractivity (Wildman–Crippen MR) is 54.1 cm³/mol. The van der Waals surface area contributed by atoms with Crippen LogP contribution in [0.1, 0.15) is 29.9 Å². The van der Waals surface area contributed by atoms with Gasteiger partial charge in [-0.3, -0.25) is 4.79 Å². The maximum absolute atomic E-state index is 11.5. The first-order valence-corrected chi connectivity index (χ1v) is 4.98. The van der Waals surface area contributed by atoms with E-state index in [-0.39, 0.29) is 11.9 Å². The monoisotopic (exact) mass is 190 g/mol. The molecule has 2 heteroatoms. The molecule has 1 aliphatic rings. The summed E-state index contributed by atoms with van der Waals surface area (Å²) < 4.78 is 4.81. The molecular weight excluding hydrogens is 176 g/mol. The number of hydrogen-bond donors (Lipinski definition) is 0. The maximum Gasteiger partial charge on any atom is 0.313 e. The topological polar surface area (TPSA) is 26.3 Å². The van der Waals surface area contributed by atoms with Crippen LogP contribution in [0.5, 0.6) is 0 Å². The molecule has 0 radical (unpaired) electrons. The van der Waals surface area contributed by atoms with Crippen molar-refractivity contribution in [3.8, 4) is 0 Å². The maximum atomic E-state index is 11.5. The highest BCUT2D eigenvalue weighted by Gasteiger charge is 2.26. The van der Waals surface area contributed by atoms with Crippen LogP contribution in [0.4, 0.5) is 0 Å². The summed E-state index contributed by atoms with van der Waals surface area (Å²) in [6.45, 7) is 0. The van der Waals surface area contributed by atoms with Crippen LogP contribution in [-0.4, -0.2) is 13.1 Å². The Morgan fingerprint density at radius 2 is 2.21 bits per heavy atom. The van der Waals surface area contributed by atoms with Crippen molar-refractivity contribution in [1.82, 2.24) is 0 Å². The molecule has 0 heterocycles. The van der Waals surface area contributed by atoms with Crippen LogP contribution in [0.2, 0.25) is 0 Å². The van der Waals surface area contributed by atoms with Gasteiger partial charge in [0, 0.05) is 0 Å². The summed E-state index contributed by atoms with van der Waals surface area (Å²) in [5.74, 6) is -0.137. The molecule has 14 heavy (non-hydrogen) atoms. The number of fused-ring (bicyclic) bond motifs is 1. The number of rotatable bonds is 1. The fraction of sp³-hybridized carbons (Fsp3) is 0.417. The first-order valence-electron chi connectivity index (χ1n) is 4.98. The van der Waals surface area contributed by atoms with Crippen LogP contribution in [0, 0.1) is 0 Å². The molecule has 0 amide bonds. The highest BCUT2D eigenvalue weighted by Crippen LogP contribution is 2.31. The van der Waals surface area contributed by atoms with E-state index in [1.165, 1.54) is 12.7 Å². The van der Waals surface area contributed by atoms with Gasteiger partial charge in [-0.1, -0.05) is 24.3 Å². The molecule has 0 aromatic heterocycles. The lowest BCUT2D eigenvalue weighted by atomic mass is 9.83. The number of hydrogen-bond acceptors (Lipinski definition) is 2. The van der Waals surface area contributed by atoms with Crippen molar-refractivity contribution in [1.29, 1.82) is 0 Å².